The van der Waals surface area contributed by atoms with E-state index in [1.807, 2.05) is 37.3 Å². The molecule has 1 N–H and O–H groups in total. The van der Waals surface area contributed by atoms with Crippen molar-refractivity contribution in [1.82, 2.24) is 0 Å². The number of halogens is 1. The molecule has 0 spiro atoms. The van der Waals surface area contributed by atoms with Crippen LogP contribution in [0.2, 0.25) is 0 Å². The molecule has 1 aliphatic heterocycles. The van der Waals surface area contributed by atoms with Crippen LogP contribution < -0.4 is 4.90 Å². The van der Waals surface area contributed by atoms with Crippen LogP contribution in [-0.2, 0) is 9.59 Å². The first-order valence-corrected chi connectivity index (χ1v) is 9.57. The molecule has 4 rings (SSSR count). The molecular formula is C25H20FNO3. The molecule has 3 aromatic carbocycles. The van der Waals surface area contributed by atoms with Gasteiger partial charge in [0.2, 0.25) is 0 Å². The van der Waals surface area contributed by atoms with Crippen molar-refractivity contribution in [3.63, 3.8) is 0 Å². The van der Waals surface area contributed by atoms with Gasteiger partial charge < -0.3 is 5.11 Å². The lowest BCUT2D eigenvalue weighted by Crippen LogP contribution is -2.29. The second-order valence-electron chi connectivity index (χ2n) is 7.38. The number of aryl methyl sites for hydroxylation is 2. The Morgan fingerprint density at radius 2 is 1.60 bits per heavy atom. The summed E-state index contributed by atoms with van der Waals surface area (Å²) in [6.45, 7) is 3.51. The Hall–Kier alpha value is -3.73. The number of hydrogen-bond donors (Lipinski definition) is 1. The van der Waals surface area contributed by atoms with Crippen molar-refractivity contribution in [2.24, 2.45) is 0 Å². The Morgan fingerprint density at radius 1 is 0.933 bits per heavy atom. The van der Waals surface area contributed by atoms with Crippen molar-refractivity contribution in [2.75, 3.05) is 4.90 Å². The lowest BCUT2D eigenvalue weighted by Gasteiger charge is -2.25. The standard InChI is InChI=1S/C25H20FNO3/c1-15-8-11-19(12-9-15)27-22(17-6-4-3-5-7-17)21(24(29)25(27)30)23(28)18-10-13-20(26)16(2)14-18/h3-14,22,28H,1-2H3/b23-21-. The summed E-state index contributed by atoms with van der Waals surface area (Å²) < 4.78 is 13.7. The molecule has 30 heavy (non-hydrogen) atoms. The van der Waals surface area contributed by atoms with E-state index in [-0.39, 0.29) is 16.9 Å². The zero-order valence-electron chi connectivity index (χ0n) is 16.6. The van der Waals surface area contributed by atoms with Crippen molar-refractivity contribution < 1.29 is 19.1 Å². The fraction of sp³-hybridized carbons (Fsp3) is 0.120. The maximum absolute atomic E-state index is 13.7. The van der Waals surface area contributed by atoms with E-state index >= 15 is 0 Å². The Bertz CT molecular complexity index is 1170. The largest absolute Gasteiger partial charge is 0.507 e. The highest BCUT2D eigenvalue weighted by atomic mass is 19.1. The van der Waals surface area contributed by atoms with E-state index in [1.165, 1.54) is 23.1 Å². The molecule has 0 bridgehead atoms. The van der Waals surface area contributed by atoms with Crippen LogP contribution in [0.5, 0.6) is 0 Å². The minimum atomic E-state index is -0.792. The monoisotopic (exact) mass is 401 g/mol. The topological polar surface area (TPSA) is 57.6 Å². The van der Waals surface area contributed by atoms with E-state index in [2.05, 4.69) is 0 Å². The fourth-order valence-electron chi connectivity index (χ4n) is 3.70. The number of benzene rings is 3. The van der Waals surface area contributed by atoms with Crippen LogP contribution in [0, 0.1) is 19.7 Å². The lowest BCUT2D eigenvalue weighted by atomic mass is 9.94. The highest BCUT2D eigenvalue weighted by Crippen LogP contribution is 2.42. The highest BCUT2D eigenvalue weighted by molar-refractivity contribution is 6.51. The molecule has 4 nitrogen and oxygen atoms in total. The number of carbonyl (C=O) groups excluding carboxylic acids is 2. The highest BCUT2D eigenvalue weighted by Gasteiger charge is 2.46. The van der Waals surface area contributed by atoms with E-state index in [0.29, 0.717) is 16.8 Å². The number of Topliss-reactive ketones (excluding diaryl/α,β-unsaturated/α-hetero) is 1. The van der Waals surface area contributed by atoms with E-state index in [4.69, 9.17) is 0 Å². The van der Waals surface area contributed by atoms with E-state index in [1.54, 1.807) is 31.2 Å². The van der Waals surface area contributed by atoms with Gasteiger partial charge >= 0.3 is 0 Å². The van der Waals surface area contributed by atoms with Gasteiger partial charge in [0.05, 0.1) is 11.6 Å². The average molecular weight is 401 g/mol. The van der Waals surface area contributed by atoms with E-state index in [9.17, 15) is 19.1 Å². The molecule has 1 saturated heterocycles. The molecule has 1 aliphatic rings. The second-order valence-corrected chi connectivity index (χ2v) is 7.38. The summed E-state index contributed by atoms with van der Waals surface area (Å²) in [7, 11) is 0. The van der Waals surface area contributed by atoms with Gasteiger partial charge in [-0.05, 0) is 55.3 Å². The molecule has 1 atom stereocenters. The number of hydrogen-bond acceptors (Lipinski definition) is 3. The van der Waals surface area contributed by atoms with Gasteiger partial charge in [0.1, 0.15) is 11.6 Å². The number of carbonyl (C=O) groups is 2. The molecule has 1 fully saturated rings. The van der Waals surface area contributed by atoms with Crippen LogP contribution in [-0.4, -0.2) is 16.8 Å². The van der Waals surface area contributed by atoms with Crippen molar-refractivity contribution in [3.8, 4) is 0 Å². The van der Waals surface area contributed by atoms with Gasteiger partial charge in [-0.15, -0.1) is 0 Å². The van der Waals surface area contributed by atoms with Crippen LogP contribution in [0.4, 0.5) is 10.1 Å². The van der Waals surface area contributed by atoms with Crippen molar-refractivity contribution in [1.29, 1.82) is 0 Å². The number of anilines is 1. The first kappa shape index (κ1) is 19.6. The summed E-state index contributed by atoms with van der Waals surface area (Å²) in [4.78, 5) is 27.4. The van der Waals surface area contributed by atoms with Gasteiger partial charge in [0.25, 0.3) is 11.7 Å². The molecule has 0 aromatic heterocycles. The SMILES string of the molecule is Cc1ccc(N2C(=O)C(=O)/C(=C(\O)c3ccc(F)c(C)c3)C2c2ccccc2)cc1. The maximum Gasteiger partial charge on any atom is 0.300 e. The molecule has 0 radical (unpaired) electrons. The number of amides is 1. The maximum atomic E-state index is 13.7. The molecule has 5 heteroatoms. The Balaban J connectivity index is 1.94. The van der Waals surface area contributed by atoms with Crippen LogP contribution in [0.1, 0.15) is 28.3 Å². The first-order chi connectivity index (χ1) is 14.4. The van der Waals surface area contributed by atoms with Crippen molar-refractivity contribution in [3.05, 3.63) is 106 Å². The number of aliphatic hydroxyl groups excluding tert-OH is 1. The van der Waals surface area contributed by atoms with Crippen LogP contribution in [0.3, 0.4) is 0 Å². The van der Waals surface area contributed by atoms with Gasteiger partial charge in [-0.25, -0.2) is 4.39 Å². The number of ketones is 1. The Kier molecular flexibility index (Phi) is 4.96. The molecule has 0 aliphatic carbocycles. The lowest BCUT2D eigenvalue weighted by molar-refractivity contribution is -0.132. The third kappa shape index (κ3) is 3.28. The minimum absolute atomic E-state index is 0.0159. The summed E-state index contributed by atoms with van der Waals surface area (Å²) in [6, 6.07) is 19.7. The summed E-state index contributed by atoms with van der Waals surface area (Å²) >= 11 is 0. The fourth-order valence-corrected chi connectivity index (χ4v) is 3.70. The zero-order valence-corrected chi connectivity index (χ0v) is 16.6. The molecular weight excluding hydrogens is 381 g/mol. The summed E-state index contributed by atoms with van der Waals surface area (Å²) in [6.07, 6.45) is 0. The van der Waals surface area contributed by atoms with E-state index < -0.39 is 23.5 Å². The van der Waals surface area contributed by atoms with Crippen LogP contribution >= 0.6 is 0 Å². The van der Waals surface area contributed by atoms with E-state index in [0.717, 1.165) is 5.56 Å². The number of rotatable bonds is 3. The van der Waals surface area contributed by atoms with Crippen molar-refractivity contribution in [2.45, 2.75) is 19.9 Å². The Labute approximate surface area is 173 Å². The van der Waals surface area contributed by atoms with Gasteiger partial charge in [0.15, 0.2) is 0 Å². The molecule has 1 unspecified atom stereocenters. The Morgan fingerprint density at radius 3 is 2.23 bits per heavy atom. The predicted octanol–water partition coefficient (Wildman–Crippen LogP) is 5.07. The normalized spacial score (nSPS) is 18.1. The van der Waals surface area contributed by atoms with Gasteiger partial charge in [0, 0.05) is 11.3 Å². The van der Waals surface area contributed by atoms with Gasteiger partial charge in [-0.2, -0.15) is 0 Å². The van der Waals surface area contributed by atoms with Gasteiger partial charge in [-0.1, -0.05) is 48.0 Å². The average Bonchev–Trinajstić information content (AvgIpc) is 3.02. The first-order valence-electron chi connectivity index (χ1n) is 9.57. The molecule has 3 aromatic rings. The van der Waals surface area contributed by atoms with Gasteiger partial charge in [-0.3, -0.25) is 14.5 Å². The number of nitrogens with zero attached hydrogens (tertiary/aromatic N) is 1. The molecule has 1 amide bonds. The summed E-state index contributed by atoms with van der Waals surface area (Å²) in [5.74, 6) is -2.22. The third-order valence-corrected chi connectivity index (χ3v) is 5.30. The predicted molar refractivity (Wildman–Crippen MR) is 114 cm³/mol. The second kappa shape index (κ2) is 7.59. The minimum Gasteiger partial charge on any atom is -0.507 e. The smallest absolute Gasteiger partial charge is 0.300 e. The van der Waals surface area contributed by atoms with Crippen LogP contribution in [0.25, 0.3) is 5.76 Å². The van der Waals surface area contributed by atoms with Crippen molar-refractivity contribution >= 4 is 23.1 Å². The zero-order chi connectivity index (χ0) is 21.4. The molecule has 1 heterocycles. The summed E-state index contributed by atoms with van der Waals surface area (Å²) in [5, 5.41) is 11.0. The number of aliphatic hydroxyl groups is 1. The quantitative estimate of drug-likeness (QED) is 0.379. The third-order valence-electron chi connectivity index (χ3n) is 5.30. The molecule has 150 valence electrons. The summed E-state index contributed by atoms with van der Waals surface area (Å²) in [5.41, 5.74) is 2.88. The van der Waals surface area contributed by atoms with Crippen LogP contribution in [0.15, 0.2) is 78.4 Å². The molecule has 0 saturated carbocycles.